The zero-order valence-corrected chi connectivity index (χ0v) is 19.0. The molecule has 1 aromatic carbocycles. The molecule has 1 aromatic heterocycles. The van der Waals surface area contributed by atoms with E-state index in [2.05, 4.69) is 19.8 Å². The Bertz CT molecular complexity index is 1020. The van der Waals surface area contributed by atoms with E-state index in [9.17, 15) is 10.1 Å². The molecule has 0 unspecified atom stereocenters. The predicted octanol–water partition coefficient (Wildman–Crippen LogP) is 0.550. The van der Waals surface area contributed by atoms with Crippen molar-refractivity contribution in [2.24, 2.45) is 0 Å². The SMILES string of the molecule is O=[N+]([O-])c1c(N2CCN(CCO)CC2)ncnc1N1CCN(Cc2ccc3c(c2)OCO3)CC1. The van der Waals surface area contributed by atoms with Gasteiger partial charge in [-0.1, -0.05) is 6.07 Å². The third kappa shape index (κ3) is 4.69. The number of anilines is 2. The van der Waals surface area contributed by atoms with Crippen LogP contribution in [0, 0.1) is 10.1 Å². The van der Waals surface area contributed by atoms with Crippen molar-refractivity contribution in [2.45, 2.75) is 6.54 Å². The zero-order chi connectivity index (χ0) is 23.5. The number of β-amino-alcohol motifs (C(OH)–C–C–N with tert-alkyl or cyclic N) is 1. The fraction of sp³-hybridized carbons (Fsp3) is 0.545. The summed E-state index contributed by atoms with van der Waals surface area (Å²) in [5.41, 5.74) is 1.12. The summed E-state index contributed by atoms with van der Waals surface area (Å²) in [7, 11) is 0. The first-order chi connectivity index (χ1) is 16.6. The van der Waals surface area contributed by atoms with Gasteiger partial charge in [-0.3, -0.25) is 19.9 Å². The highest BCUT2D eigenvalue weighted by atomic mass is 16.7. The highest BCUT2D eigenvalue weighted by Gasteiger charge is 2.32. The van der Waals surface area contributed by atoms with Crippen molar-refractivity contribution in [1.29, 1.82) is 0 Å². The van der Waals surface area contributed by atoms with Crippen LogP contribution in [0.4, 0.5) is 17.3 Å². The highest BCUT2D eigenvalue weighted by molar-refractivity contribution is 5.71. The Morgan fingerprint density at radius 1 is 0.912 bits per heavy atom. The van der Waals surface area contributed by atoms with E-state index in [0.717, 1.165) is 49.8 Å². The third-order valence-corrected chi connectivity index (χ3v) is 6.57. The summed E-state index contributed by atoms with van der Waals surface area (Å²) < 4.78 is 10.9. The second-order valence-corrected chi connectivity index (χ2v) is 8.63. The number of nitrogens with zero attached hydrogens (tertiary/aromatic N) is 7. The number of aliphatic hydroxyl groups excluding tert-OH is 1. The maximum Gasteiger partial charge on any atom is 0.353 e. The number of nitro groups is 1. The Balaban J connectivity index is 1.25. The van der Waals surface area contributed by atoms with Crippen molar-refractivity contribution in [3.8, 4) is 11.5 Å². The van der Waals surface area contributed by atoms with Gasteiger partial charge in [-0.15, -0.1) is 0 Å². The van der Waals surface area contributed by atoms with Gasteiger partial charge in [-0.25, -0.2) is 9.97 Å². The molecule has 1 N–H and O–H groups in total. The first kappa shape index (κ1) is 22.6. The topological polar surface area (TPSA) is 121 Å². The average Bonchev–Trinajstić information content (AvgIpc) is 3.33. The lowest BCUT2D eigenvalue weighted by molar-refractivity contribution is -0.383. The largest absolute Gasteiger partial charge is 0.454 e. The van der Waals surface area contributed by atoms with E-state index < -0.39 is 0 Å². The van der Waals surface area contributed by atoms with Gasteiger partial charge in [0.25, 0.3) is 0 Å². The molecule has 182 valence electrons. The van der Waals surface area contributed by atoms with E-state index in [1.807, 2.05) is 28.0 Å². The molecular formula is C22H29N7O5. The first-order valence-electron chi connectivity index (χ1n) is 11.6. The van der Waals surface area contributed by atoms with Gasteiger partial charge in [0.2, 0.25) is 18.4 Å². The van der Waals surface area contributed by atoms with Crippen LogP contribution in [0.5, 0.6) is 11.5 Å². The van der Waals surface area contributed by atoms with Crippen LogP contribution in [-0.4, -0.2) is 102 Å². The summed E-state index contributed by atoms with van der Waals surface area (Å²) in [6, 6.07) is 5.99. The molecule has 5 rings (SSSR count). The fourth-order valence-electron chi connectivity index (χ4n) is 4.73. The molecule has 4 heterocycles. The van der Waals surface area contributed by atoms with Crippen molar-refractivity contribution < 1.29 is 19.5 Å². The van der Waals surface area contributed by atoms with E-state index in [1.165, 1.54) is 6.33 Å². The summed E-state index contributed by atoms with van der Waals surface area (Å²) in [4.78, 5) is 28.8. The number of aromatic nitrogens is 2. The molecule has 34 heavy (non-hydrogen) atoms. The normalized spacial score (nSPS) is 19.0. The van der Waals surface area contributed by atoms with Gasteiger partial charge in [0.15, 0.2) is 11.5 Å². The average molecular weight is 472 g/mol. The number of benzene rings is 1. The van der Waals surface area contributed by atoms with Crippen LogP contribution in [0.3, 0.4) is 0 Å². The molecule has 3 aliphatic heterocycles. The number of ether oxygens (including phenoxy) is 2. The maximum absolute atomic E-state index is 12.1. The molecule has 0 aliphatic carbocycles. The van der Waals surface area contributed by atoms with E-state index in [4.69, 9.17) is 14.6 Å². The van der Waals surface area contributed by atoms with Gasteiger partial charge in [-0.05, 0) is 17.7 Å². The van der Waals surface area contributed by atoms with Crippen molar-refractivity contribution in [1.82, 2.24) is 19.8 Å². The van der Waals surface area contributed by atoms with E-state index >= 15 is 0 Å². The molecule has 3 aliphatic rings. The number of hydrogen-bond donors (Lipinski definition) is 1. The fourth-order valence-corrected chi connectivity index (χ4v) is 4.73. The number of hydrogen-bond acceptors (Lipinski definition) is 11. The minimum absolute atomic E-state index is 0.0256. The smallest absolute Gasteiger partial charge is 0.353 e. The van der Waals surface area contributed by atoms with Crippen molar-refractivity contribution >= 4 is 17.3 Å². The molecule has 0 bridgehead atoms. The monoisotopic (exact) mass is 471 g/mol. The molecule has 2 aromatic rings. The minimum atomic E-state index is -0.357. The summed E-state index contributed by atoms with van der Waals surface area (Å²) >= 11 is 0. The predicted molar refractivity (Wildman–Crippen MR) is 124 cm³/mol. The van der Waals surface area contributed by atoms with E-state index in [0.29, 0.717) is 44.4 Å². The molecule has 0 saturated carbocycles. The van der Waals surface area contributed by atoms with Crippen molar-refractivity contribution in [3.05, 3.63) is 40.2 Å². The third-order valence-electron chi connectivity index (χ3n) is 6.57. The molecule has 0 spiro atoms. The molecule has 0 radical (unpaired) electrons. The van der Waals surface area contributed by atoms with Gasteiger partial charge in [0.1, 0.15) is 6.33 Å². The number of rotatable bonds is 7. The Morgan fingerprint density at radius 3 is 2.15 bits per heavy atom. The molecule has 0 atom stereocenters. The van der Waals surface area contributed by atoms with Crippen molar-refractivity contribution in [3.63, 3.8) is 0 Å². The molecule has 2 saturated heterocycles. The standard InChI is InChI=1S/C22H29N7O5/c30-12-11-25-3-7-27(8-4-25)21-20(29(31)32)22(24-15-23-21)28-9-5-26(6-10-28)14-17-1-2-18-19(13-17)34-16-33-18/h1-2,13,15,30H,3-12,14,16H2. The lowest BCUT2D eigenvalue weighted by Crippen LogP contribution is -2.48. The summed E-state index contributed by atoms with van der Waals surface area (Å²) in [6.07, 6.45) is 1.43. The lowest BCUT2D eigenvalue weighted by Gasteiger charge is -2.36. The highest BCUT2D eigenvalue weighted by Crippen LogP contribution is 2.36. The molecule has 2 fully saturated rings. The second-order valence-electron chi connectivity index (χ2n) is 8.63. The number of aliphatic hydroxyl groups is 1. The molecule has 12 heteroatoms. The summed E-state index contributed by atoms with van der Waals surface area (Å²) in [5, 5.41) is 21.2. The molecular weight excluding hydrogens is 442 g/mol. The second kappa shape index (κ2) is 9.95. The minimum Gasteiger partial charge on any atom is -0.454 e. The Kier molecular flexibility index (Phi) is 6.61. The van der Waals surface area contributed by atoms with Gasteiger partial charge >= 0.3 is 5.69 Å². The van der Waals surface area contributed by atoms with Crippen molar-refractivity contribution in [2.75, 3.05) is 82.1 Å². The van der Waals surface area contributed by atoms with Crippen LogP contribution in [0.2, 0.25) is 0 Å². The van der Waals surface area contributed by atoms with E-state index in [-0.39, 0.29) is 24.0 Å². The number of piperazine rings is 2. The molecule has 12 nitrogen and oxygen atoms in total. The Labute approximate surface area is 197 Å². The summed E-state index contributed by atoms with van der Waals surface area (Å²) in [6.45, 7) is 7.30. The summed E-state index contributed by atoms with van der Waals surface area (Å²) in [5.74, 6) is 2.31. The van der Waals surface area contributed by atoms with Crippen LogP contribution in [-0.2, 0) is 6.54 Å². The zero-order valence-electron chi connectivity index (χ0n) is 19.0. The quantitative estimate of drug-likeness (QED) is 0.450. The van der Waals surface area contributed by atoms with Crippen LogP contribution in [0.25, 0.3) is 0 Å². The van der Waals surface area contributed by atoms with Crippen LogP contribution >= 0.6 is 0 Å². The van der Waals surface area contributed by atoms with Crippen LogP contribution < -0.4 is 19.3 Å². The van der Waals surface area contributed by atoms with E-state index in [1.54, 1.807) is 0 Å². The Hall–Kier alpha value is -3.22. The molecule has 0 amide bonds. The van der Waals surface area contributed by atoms with Gasteiger partial charge in [-0.2, -0.15) is 0 Å². The first-order valence-corrected chi connectivity index (χ1v) is 11.6. The van der Waals surface area contributed by atoms with Gasteiger partial charge in [0.05, 0.1) is 11.5 Å². The van der Waals surface area contributed by atoms with Gasteiger partial charge in [0, 0.05) is 65.4 Å². The lowest BCUT2D eigenvalue weighted by atomic mass is 10.1. The van der Waals surface area contributed by atoms with Crippen LogP contribution in [0.1, 0.15) is 5.56 Å². The maximum atomic E-state index is 12.1. The van der Waals surface area contributed by atoms with Gasteiger partial charge < -0.3 is 24.4 Å². The number of fused-ring (bicyclic) bond motifs is 1. The Morgan fingerprint density at radius 2 is 1.53 bits per heavy atom. The van der Waals surface area contributed by atoms with Crippen LogP contribution in [0.15, 0.2) is 24.5 Å².